The van der Waals surface area contributed by atoms with E-state index >= 15 is 0 Å². The van der Waals surface area contributed by atoms with Crippen LogP contribution in [0.2, 0.25) is 0 Å². The maximum Gasteiger partial charge on any atom is 0.00965 e. The van der Waals surface area contributed by atoms with E-state index in [1.54, 1.807) is 0 Å². The van der Waals surface area contributed by atoms with Crippen LogP contribution in [0, 0.1) is 0 Å². The van der Waals surface area contributed by atoms with Gasteiger partial charge in [-0.1, -0.05) is 13.8 Å². The Morgan fingerprint density at radius 1 is 1.06 bits per heavy atom. The van der Waals surface area contributed by atoms with Gasteiger partial charge < -0.3 is 10.2 Å². The van der Waals surface area contributed by atoms with Crippen molar-refractivity contribution in [3.05, 3.63) is 0 Å². The van der Waals surface area contributed by atoms with E-state index in [4.69, 9.17) is 0 Å². The summed E-state index contributed by atoms with van der Waals surface area (Å²) in [5, 5.41) is 3.53. The summed E-state index contributed by atoms with van der Waals surface area (Å²) in [6.45, 7) is 13.6. The first-order valence-corrected chi connectivity index (χ1v) is 6.86. The van der Waals surface area contributed by atoms with Crippen LogP contribution in [0.3, 0.4) is 0 Å². The molecule has 0 heterocycles. The van der Waals surface area contributed by atoms with Crippen LogP contribution in [0.1, 0.15) is 60.3 Å². The minimum absolute atomic E-state index is 0.265. The lowest BCUT2D eigenvalue weighted by molar-refractivity contribution is 0.224. The quantitative estimate of drug-likeness (QED) is 0.641. The van der Waals surface area contributed by atoms with Crippen LogP contribution in [-0.4, -0.2) is 36.6 Å². The van der Waals surface area contributed by atoms with Crippen molar-refractivity contribution in [3.8, 4) is 0 Å². The van der Waals surface area contributed by atoms with E-state index in [1.165, 1.54) is 32.2 Å². The van der Waals surface area contributed by atoms with Crippen LogP contribution >= 0.6 is 0 Å². The standard InChI is InChI=1S/C14H32N2/c1-7-13(8-2)16(6)12-10-9-11-15-14(3,4)5/h13,15H,7-12H2,1-6H3. The summed E-state index contributed by atoms with van der Waals surface area (Å²) in [5.74, 6) is 0. The Labute approximate surface area is 103 Å². The summed E-state index contributed by atoms with van der Waals surface area (Å²) < 4.78 is 0. The summed E-state index contributed by atoms with van der Waals surface area (Å²) in [4.78, 5) is 2.51. The average molecular weight is 228 g/mol. The van der Waals surface area contributed by atoms with Gasteiger partial charge in [0.2, 0.25) is 0 Å². The Morgan fingerprint density at radius 2 is 1.62 bits per heavy atom. The van der Waals surface area contributed by atoms with E-state index in [9.17, 15) is 0 Å². The molecule has 0 radical (unpaired) electrons. The molecule has 0 atom stereocenters. The Morgan fingerprint density at radius 3 is 2.06 bits per heavy atom. The number of unbranched alkanes of at least 4 members (excludes halogenated alkanes) is 1. The number of nitrogens with zero attached hydrogens (tertiary/aromatic N) is 1. The minimum atomic E-state index is 0.265. The number of rotatable bonds is 8. The molecule has 0 aromatic rings. The summed E-state index contributed by atoms with van der Waals surface area (Å²) in [6.07, 6.45) is 5.12. The van der Waals surface area contributed by atoms with Gasteiger partial charge in [-0.05, 0) is 66.6 Å². The highest BCUT2D eigenvalue weighted by Gasteiger charge is 2.10. The predicted molar refractivity (Wildman–Crippen MR) is 74.0 cm³/mol. The highest BCUT2D eigenvalue weighted by atomic mass is 15.1. The van der Waals surface area contributed by atoms with E-state index in [1.807, 2.05) is 0 Å². The molecule has 0 saturated heterocycles. The Kier molecular flexibility index (Phi) is 8.04. The fraction of sp³-hybridized carbons (Fsp3) is 1.00. The third kappa shape index (κ3) is 8.12. The highest BCUT2D eigenvalue weighted by Crippen LogP contribution is 2.07. The largest absolute Gasteiger partial charge is 0.312 e. The SMILES string of the molecule is CCC(CC)N(C)CCCCNC(C)(C)C. The van der Waals surface area contributed by atoms with Gasteiger partial charge in [0.05, 0.1) is 0 Å². The molecule has 0 aliphatic heterocycles. The first-order chi connectivity index (χ1) is 7.40. The normalized spacial score (nSPS) is 12.8. The van der Waals surface area contributed by atoms with Crippen molar-refractivity contribution < 1.29 is 0 Å². The first kappa shape index (κ1) is 15.9. The minimum Gasteiger partial charge on any atom is -0.312 e. The summed E-state index contributed by atoms with van der Waals surface area (Å²) in [7, 11) is 2.26. The molecule has 0 saturated carbocycles. The van der Waals surface area contributed by atoms with Crippen LogP contribution in [0.5, 0.6) is 0 Å². The van der Waals surface area contributed by atoms with Crippen molar-refractivity contribution in [1.82, 2.24) is 10.2 Å². The zero-order valence-electron chi connectivity index (χ0n) is 12.3. The molecule has 0 aliphatic carbocycles. The van der Waals surface area contributed by atoms with Gasteiger partial charge >= 0.3 is 0 Å². The molecular formula is C14H32N2. The van der Waals surface area contributed by atoms with Gasteiger partial charge in [-0.2, -0.15) is 0 Å². The highest BCUT2D eigenvalue weighted by molar-refractivity contribution is 4.70. The van der Waals surface area contributed by atoms with Crippen LogP contribution in [0.25, 0.3) is 0 Å². The smallest absolute Gasteiger partial charge is 0.00965 e. The fourth-order valence-corrected chi connectivity index (χ4v) is 2.04. The van der Waals surface area contributed by atoms with Crippen molar-refractivity contribution in [1.29, 1.82) is 0 Å². The lowest BCUT2D eigenvalue weighted by Gasteiger charge is -2.26. The second-order valence-electron chi connectivity index (χ2n) is 5.83. The maximum absolute atomic E-state index is 3.53. The third-order valence-electron chi connectivity index (χ3n) is 3.16. The molecule has 0 bridgehead atoms. The van der Waals surface area contributed by atoms with Gasteiger partial charge in [-0.3, -0.25) is 0 Å². The maximum atomic E-state index is 3.53. The summed E-state index contributed by atoms with van der Waals surface area (Å²) in [6, 6.07) is 0.774. The van der Waals surface area contributed by atoms with Gasteiger partial charge in [0.1, 0.15) is 0 Å². The van der Waals surface area contributed by atoms with Crippen molar-refractivity contribution in [3.63, 3.8) is 0 Å². The molecule has 0 aliphatic rings. The first-order valence-electron chi connectivity index (χ1n) is 6.86. The predicted octanol–water partition coefficient (Wildman–Crippen LogP) is 3.28. The molecule has 0 aromatic carbocycles. The molecule has 2 heteroatoms. The molecule has 98 valence electrons. The third-order valence-corrected chi connectivity index (χ3v) is 3.16. The van der Waals surface area contributed by atoms with Crippen molar-refractivity contribution in [2.45, 2.75) is 71.9 Å². The van der Waals surface area contributed by atoms with Crippen LogP contribution in [0.4, 0.5) is 0 Å². The van der Waals surface area contributed by atoms with Crippen LogP contribution < -0.4 is 5.32 Å². The summed E-state index contributed by atoms with van der Waals surface area (Å²) in [5.41, 5.74) is 0.265. The Bertz CT molecular complexity index is 157. The lowest BCUT2D eigenvalue weighted by Crippen LogP contribution is -2.37. The van der Waals surface area contributed by atoms with Gasteiger partial charge in [0.25, 0.3) is 0 Å². The zero-order valence-corrected chi connectivity index (χ0v) is 12.3. The van der Waals surface area contributed by atoms with Crippen LogP contribution in [0.15, 0.2) is 0 Å². The van der Waals surface area contributed by atoms with E-state index < -0.39 is 0 Å². The molecule has 0 aromatic heterocycles. The molecule has 0 spiro atoms. The van der Waals surface area contributed by atoms with Gasteiger partial charge in [-0.15, -0.1) is 0 Å². The van der Waals surface area contributed by atoms with E-state index in [0.29, 0.717) is 0 Å². The second-order valence-corrected chi connectivity index (χ2v) is 5.83. The Balaban J connectivity index is 3.51. The molecular weight excluding hydrogens is 196 g/mol. The summed E-state index contributed by atoms with van der Waals surface area (Å²) >= 11 is 0. The van der Waals surface area contributed by atoms with E-state index in [2.05, 4.69) is 51.9 Å². The molecule has 1 N–H and O–H groups in total. The second kappa shape index (κ2) is 8.08. The number of nitrogens with one attached hydrogen (secondary N) is 1. The molecule has 0 amide bonds. The zero-order chi connectivity index (χ0) is 12.6. The van der Waals surface area contributed by atoms with E-state index in [0.717, 1.165) is 12.6 Å². The van der Waals surface area contributed by atoms with E-state index in [-0.39, 0.29) is 5.54 Å². The lowest BCUT2D eigenvalue weighted by atomic mass is 10.1. The molecule has 0 rings (SSSR count). The van der Waals surface area contributed by atoms with Gasteiger partial charge in [-0.25, -0.2) is 0 Å². The van der Waals surface area contributed by atoms with Crippen molar-refractivity contribution in [2.24, 2.45) is 0 Å². The average Bonchev–Trinajstić information content (AvgIpc) is 2.17. The molecule has 2 nitrogen and oxygen atoms in total. The monoisotopic (exact) mass is 228 g/mol. The number of hydrogen-bond donors (Lipinski definition) is 1. The van der Waals surface area contributed by atoms with Crippen molar-refractivity contribution >= 4 is 0 Å². The number of hydrogen-bond acceptors (Lipinski definition) is 2. The topological polar surface area (TPSA) is 15.3 Å². The fourth-order valence-electron chi connectivity index (χ4n) is 2.04. The molecule has 16 heavy (non-hydrogen) atoms. The molecule has 0 fully saturated rings. The van der Waals surface area contributed by atoms with Gasteiger partial charge in [0, 0.05) is 11.6 Å². The Hall–Kier alpha value is -0.0800. The molecule has 0 unspecified atom stereocenters. The van der Waals surface area contributed by atoms with Crippen LogP contribution in [-0.2, 0) is 0 Å². The van der Waals surface area contributed by atoms with Gasteiger partial charge in [0.15, 0.2) is 0 Å². The van der Waals surface area contributed by atoms with Crippen molar-refractivity contribution in [2.75, 3.05) is 20.1 Å².